The lowest BCUT2D eigenvalue weighted by molar-refractivity contribution is 0.696. The summed E-state index contributed by atoms with van der Waals surface area (Å²) in [6.07, 6.45) is 0. The second kappa shape index (κ2) is 14.3. The van der Waals surface area contributed by atoms with Gasteiger partial charge in [0, 0.05) is 51.5 Å². The van der Waals surface area contributed by atoms with Crippen molar-refractivity contribution in [3.8, 4) is 63.0 Å². The Labute approximate surface area is 293 Å². The van der Waals surface area contributed by atoms with Crippen LogP contribution in [0.15, 0.2) is 72.8 Å². The zero-order chi connectivity index (χ0) is 35.5. The van der Waals surface area contributed by atoms with E-state index in [1.54, 1.807) is 12.1 Å². The molecule has 250 valence electrons. The summed E-state index contributed by atoms with van der Waals surface area (Å²) in [5.41, 5.74) is 4.43. The normalized spacial score (nSPS) is 11.5. The second-order valence-corrected chi connectivity index (χ2v) is 13.5. The summed E-state index contributed by atoms with van der Waals surface area (Å²) in [6, 6.07) is 25.3. The van der Waals surface area contributed by atoms with E-state index in [4.69, 9.17) is 44.9 Å². The molecule has 0 atom stereocenters. The Hall–Kier alpha value is -5.82. The lowest BCUT2D eigenvalue weighted by Crippen LogP contribution is -2.09. The first-order chi connectivity index (χ1) is 24.0. The maximum atomic E-state index is 9.39. The summed E-state index contributed by atoms with van der Waals surface area (Å²) >= 11 is 0. The smallest absolute Gasteiger partial charge is 0.164 e. The van der Waals surface area contributed by atoms with Gasteiger partial charge in [-0.3, -0.25) is 0 Å². The first-order valence-electron chi connectivity index (χ1n) is 17.0. The molecule has 0 saturated heterocycles. The zero-order valence-electron chi connectivity index (χ0n) is 29.7. The average molecular weight is 661 g/mol. The number of rotatable bonds is 9. The van der Waals surface area contributed by atoms with Crippen molar-refractivity contribution in [2.45, 2.75) is 79.1 Å². The maximum Gasteiger partial charge on any atom is 0.164 e. The predicted octanol–water partition coefficient (Wildman–Crippen LogP) is 8.94. The Morgan fingerprint density at radius 1 is 0.380 bits per heavy atom. The Morgan fingerprint density at radius 2 is 0.700 bits per heavy atom. The van der Waals surface area contributed by atoms with Crippen LogP contribution >= 0.6 is 0 Å². The molecule has 0 unspecified atom stereocenters. The molecule has 0 aliphatic carbocycles. The molecule has 3 aromatic heterocycles. The fourth-order valence-electron chi connectivity index (χ4n) is 5.17. The van der Waals surface area contributed by atoms with E-state index < -0.39 is 0 Å². The quantitative estimate of drug-likeness (QED) is 0.148. The molecule has 6 aromatic rings. The molecule has 10 heteroatoms. The highest BCUT2D eigenvalue weighted by molar-refractivity contribution is 5.76. The van der Waals surface area contributed by atoms with Crippen molar-refractivity contribution in [3.05, 3.63) is 102 Å². The van der Waals surface area contributed by atoms with Gasteiger partial charge >= 0.3 is 0 Å². The van der Waals surface area contributed by atoms with Crippen LogP contribution in [0.25, 0.3) is 56.9 Å². The van der Waals surface area contributed by atoms with Crippen LogP contribution < -0.4 is 0 Å². The van der Waals surface area contributed by atoms with Crippen molar-refractivity contribution >= 4 is 0 Å². The minimum absolute atomic E-state index is 0.106. The number of benzene rings is 3. The number of hydrogen-bond donors (Lipinski definition) is 0. The van der Waals surface area contributed by atoms with Gasteiger partial charge in [0.2, 0.25) is 0 Å². The monoisotopic (exact) mass is 660 g/mol. The van der Waals surface area contributed by atoms with Crippen molar-refractivity contribution in [1.29, 1.82) is 5.26 Å². The van der Waals surface area contributed by atoms with E-state index in [0.717, 1.165) is 51.1 Å². The number of aromatic nitrogens is 9. The molecule has 10 nitrogen and oxygen atoms in total. The van der Waals surface area contributed by atoms with Gasteiger partial charge in [0.25, 0.3) is 0 Å². The van der Waals surface area contributed by atoms with Gasteiger partial charge in [-0.1, -0.05) is 85.7 Å². The van der Waals surface area contributed by atoms with Gasteiger partial charge in [0.05, 0.1) is 11.6 Å². The first kappa shape index (κ1) is 34.1. The number of nitrogens with zero attached hydrogens (tertiary/aromatic N) is 10. The lowest BCUT2D eigenvalue weighted by Gasteiger charge is -2.15. The van der Waals surface area contributed by atoms with E-state index in [2.05, 4.69) is 61.5 Å². The highest BCUT2D eigenvalue weighted by atomic mass is 15.1. The van der Waals surface area contributed by atoms with Gasteiger partial charge in [-0.2, -0.15) is 5.26 Å². The van der Waals surface area contributed by atoms with Crippen molar-refractivity contribution in [1.82, 2.24) is 44.9 Å². The van der Waals surface area contributed by atoms with Crippen LogP contribution in [0.4, 0.5) is 0 Å². The maximum absolute atomic E-state index is 9.39. The van der Waals surface area contributed by atoms with E-state index >= 15 is 0 Å². The van der Waals surface area contributed by atoms with Gasteiger partial charge in [0.15, 0.2) is 29.1 Å². The van der Waals surface area contributed by atoms with Crippen LogP contribution in [0.3, 0.4) is 0 Å². The summed E-state index contributed by atoms with van der Waals surface area (Å²) in [5, 5.41) is 9.39. The van der Waals surface area contributed by atoms with Crippen LogP contribution in [0.1, 0.15) is 108 Å². The molecule has 0 fully saturated rings. The topological polar surface area (TPSA) is 140 Å². The Kier molecular flexibility index (Phi) is 9.77. The molecule has 0 amide bonds. The molecule has 0 bridgehead atoms. The van der Waals surface area contributed by atoms with E-state index in [0.29, 0.717) is 34.7 Å². The molecule has 3 aromatic carbocycles. The predicted molar refractivity (Wildman–Crippen MR) is 195 cm³/mol. The van der Waals surface area contributed by atoms with Gasteiger partial charge < -0.3 is 0 Å². The summed E-state index contributed by atoms with van der Waals surface area (Å²) < 4.78 is 0. The summed E-state index contributed by atoms with van der Waals surface area (Å²) in [6.45, 7) is 16.6. The van der Waals surface area contributed by atoms with Gasteiger partial charge in [-0.05, 0) is 42.5 Å². The third kappa shape index (κ3) is 7.42. The lowest BCUT2D eigenvalue weighted by atomic mass is 10.0. The summed E-state index contributed by atoms with van der Waals surface area (Å²) in [7, 11) is 0. The molecule has 50 heavy (non-hydrogen) atoms. The zero-order valence-corrected chi connectivity index (χ0v) is 29.7. The van der Waals surface area contributed by atoms with Crippen LogP contribution in [0.5, 0.6) is 0 Å². The number of nitriles is 1. The molecule has 3 heterocycles. The third-order valence-electron chi connectivity index (χ3n) is 8.05. The van der Waals surface area contributed by atoms with Crippen LogP contribution in [-0.4, -0.2) is 44.9 Å². The molecular weight excluding hydrogens is 621 g/mol. The van der Waals surface area contributed by atoms with Gasteiger partial charge in [-0.15, -0.1) is 0 Å². The molecule has 6 rings (SSSR count). The molecule has 0 radical (unpaired) electrons. The van der Waals surface area contributed by atoms with E-state index in [-0.39, 0.29) is 23.7 Å². The molecule has 0 aliphatic rings. The van der Waals surface area contributed by atoms with Crippen molar-refractivity contribution in [2.24, 2.45) is 0 Å². The Balaban J connectivity index is 1.64. The molecule has 0 spiro atoms. The Bertz CT molecular complexity index is 2050. The van der Waals surface area contributed by atoms with Crippen LogP contribution in [-0.2, 0) is 0 Å². The molecule has 0 saturated carbocycles. The van der Waals surface area contributed by atoms with Crippen molar-refractivity contribution < 1.29 is 0 Å². The number of hydrogen-bond acceptors (Lipinski definition) is 10. The SMILES string of the molecule is CC(C)c1nc(-c2cc(-c3nc(-c4ccccc4)nc(-c4ccc(C#N)cc4)n3)cc(-c3nc(C(C)C)nc(C(C)C)n3)c2)nc(C(C)C)n1. The van der Waals surface area contributed by atoms with E-state index in [1.165, 1.54) is 0 Å². The minimum Gasteiger partial charge on any atom is -0.217 e. The fourth-order valence-corrected chi connectivity index (χ4v) is 5.17. The van der Waals surface area contributed by atoms with E-state index in [9.17, 15) is 5.26 Å². The van der Waals surface area contributed by atoms with Crippen molar-refractivity contribution in [3.63, 3.8) is 0 Å². The molecule has 0 N–H and O–H groups in total. The fraction of sp³-hybridized carbons (Fsp3) is 0.300. The van der Waals surface area contributed by atoms with E-state index in [1.807, 2.05) is 60.7 Å². The molecule has 0 aliphatic heterocycles. The standard InChI is InChI=1S/C40H40N10/c1-22(2)32-42-33(23(3)4)45-38(44-32)29-18-30(39-46-34(24(5)6)43-35(47-39)25(7)8)20-31(19-29)40-49-36(27-12-10-9-11-13-27)48-37(50-40)28-16-14-26(21-41)15-17-28/h9-20,22-25H,1-8H3. The Morgan fingerprint density at radius 3 is 1.04 bits per heavy atom. The molecular formula is C40H40N10. The third-order valence-corrected chi connectivity index (χ3v) is 8.05. The van der Waals surface area contributed by atoms with Crippen molar-refractivity contribution in [2.75, 3.05) is 0 Å². The first-order valence-corrected chi connectivity index (χ1v) is 17.0. The van der Waals surface area contributed by atoms with Crippen LogP contribution in [0.2, 0.25) is 0 Å². The second-order valence-electron chi connectivity index (χ2n) is 13.5. The average Bonchev–Trinajstić information content (AvgIpc) is 3.14. The highest BCUT2D eigenvalue weighted by Gasteiger charge is 2.20. The largest absolute Gasteiger partial charge is 0.217 e. The highest BCUT2D eigenvalue weighted by Crippen LogP contribution is 2.33. The minimum atomic E-state index is 0.106. The summed E-state index contributed by atoms with van der Waals surface area (Å²) in [5.74, 6) is 5.92. The van der Waals surface area contributed by atoms with Gasteiger partial charge in [-0.25, -0.2) is 44.9 Å². The summed E-state index contributed by atoms with van der Waals surface area (Å²) in [4.78, 5) is 44.2. The van der Waals surface area contributed by atoms with Gasteiger partial charge in [0.1, 0.15) is 23.3 Å². The van der Waals surface area contributed by atoms with Crippen LogP contribution in [0, 0.1) is 11.3 Å².